The van der Waals surface area contributed by atoms with Gasteiger partial charge in [0.15, 0.2) is 0 Å². The summed E-state index contributed by atoms with van der Waals surface area (Å²) in [5.74, 6) is 0.795. The molecule has 1 N–H and O–H groups in total. The van der Waals surface area contributed by atoms with Crippen molar-refractivity contribution < 1.29 is 0 Å². The van der Waals surface area contributed by atoms with Crippen LogP contribution in [0.4, 0.5) is 0 Å². The second-order valence-corrected chi connectivity index (χ2v) is 5.96. The Balaban J connectivity index is 4.87. The zero-order valence-corrected chi connectivity index (χ0v) is 13.8. The fraction of sp³-hybridized carbons (Fsp3) is 1.00. The minimum atomic E-state index is 0.286. The van der Waals surface area contributed by atoms with Crippen molar-refractivity contribution in [1.29, 1.82) is 0 Å². The smallest absolute Gasteiger partial charge is 0.0331 e. The van der Waals surface area contributed by atoms with Crippen LogP contribution in [0.2, 0.25) is 0 Å². The molecule has 0 fully saturated rings. The van der Waals surface area contributed by atoms with E-state index in [9.17, 15) is 0 Å². The highest BCUT2D eigenvalue weighted by Crippen LogP contribution is 2.27. The maximum atomic E-state index is 3.74. The molecule has 2 atom stereocenters. The number of nitrogens with one attached hydrogen (secondary N) is 1. The lowest BCUT2D eigenvalue weighted by atomic mass is 9.83. The minimum Gasteiger partial charge on any atom is -0.312 e. The summed E-state index contributed by atoms with van der Waals surface area (Å²) >= 11 is 0. The van der Waals surface area contributed by atoms with E-state index in [0.717, 1.165) is 25.6 Å². The number of hydrogen-bond donors (Lipinski definition) is 1. The van der Waals surface area contributed by atoms with Gasteiger partial charge >= 0.3 is 0 Å². The van der Waals surface area contributed by atoms with Gasteiger partial charge in [-0.1, -0.05) is 41.5 Å². The van der Waals surface area contributed by atoms with Gasteiger partial charge in [0.2, 0.25) is 0 Å². The van der Waals surface area contributed by atoms with Gasteiger partial charge in [0, 0.05) is 11.6 Å². The highest BCUT2D eigenvalue weighted by atomic mass is 15.2. The van der Waals surface area contributed by atoms with Gasteiger partial charge in [-0.05, 0) is 51.7 Å². The van der Waals surface area contributed by atoms with Crippen molar-refractivity contribution in [3.63, 3.8) is 0 Å². The van der Waals surface area contributed by atoms with Gasteiger partial charge in [0.25, 0.3) is 0 Å². The molecule has 0 aliphatic carbocycles. The Kier molecular flexibility index (Phi) is 8.89. The first-order valence-corrected chi connectivity index (χ1v) is 7.94. The third-order valence-electron chi connectivity index (χ3n) is 4.44. The van der Waals surface area contributed by atoms with Gasteiger partial charge in [-0.3, -0.25) is 4.90 Å². The minimum absolute atomic E-state index is 0.286. The molecule has 2 unspecified atom stereocenters. The summed E-state index contributed by atoms with van der Waals surface area (Å²) in [6, 6.07) is 0.606. The molecule has 2 heteroatoms. The standard InChI is InChI=1S/C16H36N2/c1-8-16(7,18(10-3)11-4)15(17-9-2)13-12-14(5)6/h14-15,17H,8-13H2,1-7H3. The van der Waals surface area contributed by atoms with Gasteiger partial charge in [-0.25, -0.2) is 0 Å². The highest BCUT2D eigenvalue weighted by Gasteiger charge is 2.36. The maximum absolute atomic E-state index is 3.74. The summed E-state index contributed by atoms with van der Waals surface area (Å²) in [5.41, 5.74) is 0.286. The lowest BCUT2D eigenvalue weighted by Crippen LogP contribution is -2.59. The first kappa shape index (κ1) is 17.9. The Morgan fingerprint density at radius 2 is 1.56 bits per heavy atom. The van der Waals surface area contributed by atoms with Crippen LogP contribution < -0.4 is 5.32 Å². The van der Waals surface area contributed by atoms with Crippen molar-refractivity contribution in [2.45, 2.75) is 79.3 Å². The first-order valence-electron chi connectivity index (χ1n) is 7.94. The van der Waals surface area contributed by atoms with Crippen LogP contribution in [0.3, 0.4) is 0 Å². The molecule has 0 rings (SSSR count). The van der Waals surface area contributed by atoms with Crippen molar-refractivity contribution in [2.75, 3.05) is 19.6 Å². The molecule has 0 radical (unpaired) electrons. The van der Waals surface area contributed by atoms with E-state index in [-0.39, 0.29) is 5.54 Å². The van der Waals surface area contributed by atoms with Crippen LogP contribution in [-0.4, -0.2) is 36.1 Å². The van der Waals surface area contributed by atoms with Crippen LogP contribution in [0.15, 0.2) is 0 Å². The summed E-state index contributed by atoms with van der Waals surface area (Å²) in [6.07, 6.45) is 3.81. The summed E-state index contributed by atoms with van der Waals surface area (Å²) in [7, 11) is 0. The van der Waals surface area contributed by atoms with Crippen LogP contribution in [0.25, 0.3) is 0 Å². The molecule has 0 spiro atoms. The molecule has 110 valence electrons. The van der Waals surface area contributed by atoms with Gasteiger partial charge in [-0.15, -0.1) is 0 Å². The largest absolute Gasteiger partial charge is 0.312 e. The van der Waals surface area contributed by atoms with Crippen molar-refractivity contribution in [2.24, 2.45) is 5.92 Å². The Morgan fingerprint density at radius 1 is 1.00 bits per heavy atom. The molecule has 0 aliphatic heterocycles. The SMILES string of the molecule is CCNC(CCC(C)C)C(C)(CC)N(CC)CC. The second-order valence-electron chi connectivity index (χ2n) is 5.96. The molecule has 0 aliphatic rings. The van der Waals surface area contributed by atoms with Crippen LogP contribution in [0.1, 0.15) is 67.7 Å². The maximum Gasteiger partial charge on any atom is 0.0331 e. The Morgan fingerprint density at radius 3 is 1.89 bits per heavy atom. The summed E-state index contributed by atoms with van der Waals surface area (Å²) in [5, 5.41) is 3.74. The van der Waals surface area contributed by atoms with Crippen molar-refractivity contribution in [1.82, 2.24) is 10.2 Å². The fourth-order valence-corrected chi connectivity index (χ4v) is 3.02. The van der Waals surface area contributed by atoms with Crippen LogP contribution in [-0.2, 0) is 0 Å². The third kappa shape index (κ3) is 4.89. The number of rotatable bonds is 10. The van der Waals surface area contributed by atoms with Crippen LogP contribution in [0, 0.1) is 5.92 Å². The topological polar surface area (TPSA) is 15.3 Å². The number of likely N-dealkylation sites (N-methyl/N-ethyl adjacent to an activating group) is 2. The summed E-state index contributed by atoms with van der Waals surface area (Å²) < 4.78 is 0. The molecule has 2 nitrogen and oxygen atoms in total. The molecule has 0 amide bonds. The van der Waals surface area contributed by atoms with E-state index in [1.165, 1.54) is 19.3 Å². The van der Waals surface area contributed by atoms with Gasteiger partial charge in [0.05, 0.1) is 0 Å². The van der Waals surface area contributed by atoms with E-state index in [1.54, 1.807) is 0 Å². The molecule has 0 aromatic heterocycles. The first-order chi connectivity index (χ1) is 8.46. The Labute approximate surface area is 116 Å². The van der Waals surface area contributed by atoms with Crippen LogP contribution in [0.5, 0.6) is 0 Å². The van der Waals surface area contributed by atoms with E-state index < -0.39 is 0 Å². The average molecular weight is 256 g/mol. The molecule has 0 aromatic carbocycles. The van der Waals surface area contributed by atoms with Gasteiger partial charge in [0.1, 0.15) is 0 Å². The lowest BCUT2D eigenvalue weighted by Gasteiger charge is -2.46. The quantitative estimate of drug-likeness (QED) is 0.637. The second kappa shape index (κ2) is 8.92. The number of nitrogens with zero attached hydrogens (tertiary/aromatic N) is 1. The van der Waals surface area contributed by atoms with E-state index in [0.29, 0.717) is 6.04 Å². The summed E-state index contributed by atoms with van der Waals surface area (Å²) in [4.78, 5) is 2.63. The predicted octanol–water partition coefficient (Wildman–Crippen LogP) is 3.91. The van der Waals surface area contributed by atoms with E-state index in [1.807, 2.05) is 0 Å². The predicted molar refractivity (Wildman–Crippen MR) is 83.2 cm³/mol. The zero-order chi connectivity index (χ0) is 14.2. The van der Waals surface area contributed by atoms with E-state index in [4.69, 9.17) is 0 Å². The Hall–Kier alpha value is -0.0800. The summed E-state index contributed by atoms with van der Waals surface area (Å²) in [6.45, 7) is 19.6. The van der Waals surface area contributed by atoms with Crippen LogP contribution >= 0.6 is 0 Å². The van der Waals surface area contributed by atoms with Crippen molar-refractivity contribution >= 4 is 0 Å². The van der Waals surface area contributed by atoms with E-state index in [2.05, 4.69) is 58.7 Å². The molecule has 0 heterocycles. The fourth-order valence-electron chi connectivity index (χ4n) is 3.02. The Bertz CT molecular complexity index is 199. The molecule has 18 heavy (non-hydrogen) atoms. The molecule has 0 saturated carbocycles. The average Bonchev–Trinajstić information content (AvgIpc) is 2.35. The lowest BCUT2D eigenvalue weighted by molar-refractivity contribution is 0.0652. The molecule has 0 saturated heterocycles. The molecular formula is C16H36N2. The van der Waals surface area contributed by atoms with Crippen molar-refractivity contribution in [3.05, 3.63) is 0 Å². The zero-order valence-electron chi connectivity index (χ0n) is 13.8. The molecular weight excluding hydrogens is 220 g/mol. The van der Waals surface area contributed by atoms with E-state index >= 15 is 0 Å². The normalized spacial score (nSPS) is 17.2. The number of hydrogen-bond acceptors (Lipinski definition) is 2. The van der Waals surface area contributed by atoms with Gasteiger partial charge in [-0.2, -0.15) is 0 Å². The monoisotopic (exact) mass is 256 g/mol. The molecule has 0 bridgehead atoms. The third-order valence-corrected chi connectivity index (χ3v) is 4.44. The highest BCUT2D eigenvalue weighted by molar-refractivity contribution is 4.95. The van der Waals surface area contributed by atoms with Gasteiger partial charge < -0.3 is 5.32 Å². The van der Waals surface area contributed by atoms with Crippen molar-refractivity contribution in [3.8, 4) is 0 Å². The molecule has 0 aromatic rings.